The normalized spacial score (nSPS) is 12.3. The van der Waals surface area contributed by atoms with Crippen molar-refractivity contribution in [2.45, 2.75) is 70.5 Å². The van der Waals surface area contributed by atoms with Crippen molar-refractivity contribution in [3.63, 3.8) is 0 Å². The van der Waals surface area contributed by atoms with E-state index < -0.39 is 33.4 Å². The number of hydrogen-bond acceptors (Lipinski definition) is 6. The minimum absolute atomic E-state index is 0.0129. The maximum atomic E-state index is 13.4. The zero-order chi connectivity index (χ0) is 24.9. The van der Waals surface area contributed by atoms with Gasteiger partial charge in [0.15, 0.2) is 0 Å². The van der Waals surface area contributed by atoms with Gasteiger partial charge in [0.05, 0.1) is 4.90 Å². The maximum absolute atomic E-state index is 13.4. The molecular formula is C24H34N2O6S. The number of nitrogens with one attached hydrogen (secondary N) is 1. The Bertz CT molecular complexity index is 1080. The van der Waals surface area contributed by atoms with Crippen molar-refractivity contribution in [2.75, 3.05) is 13.1 Å². The molecule has 0 aliphatic heterocycles. The van der Waals surface area contributed by atoms with E-state index in [1.165, 1.54) is 6.07 Å². The molecule has 0 atom stereocenters. The van der Waals surface area contributed by atoms with E-state index in [4.69, 9.17) is 9.47 Å². The van der Waals surface area contributed by atoms with Crippen molar-refractivity contribution >= 4 is 33.0 Å². The average molecular weight is 479 g/mol. The van der Waals surface area contributed by atoms with Crippen LogP contribution in [0, 0.1) is 0 Å². The number of ether oxygens (including phenoxy) is 2. The molecule has 0 heterocycles. The molecule has 2 aromatic carbocycles. The van der Waals surface area contributed by atoms with E-state index in [2.05, 4.69) is 5.32 Å². The first-order chi connectivity index (χ1) is 15.2. The van der Waals surface area contributed by atoms with Crippen molar-refractivity contribution < 1.29 is 27.5 Å². The van der Waals surface area contributed by atoms with E-state index in [9.17, 15) is 18.0 Å². The topological polar surface area (TPSA) is 102 Å². The Kier molecular flexibility index (Phi) is 8.35. The van der Waals surface area contributed by atoms with Gasteiger partial charge in [0.2, 0.25) is 0 Å². The first kappa shape index (κ1) is 26.4. The molecule has 0 saturated heterocycles. The molecule has 33 heavy (non-hydrogen) atoms. The van der Waals surface area contributed by atoms with Crippen LogP contribution in [0.15, 0.2) is 47.4 Å². The third-order valence-corrected chi connectivity index (χ3v) is 6.12. The van der Waals surface area contributed by atoms with Crippen LogP contribution in [-0.4, -0.2) is 49.2 Å². The molecular weight excluding hydrogens is 444 g/mol. The second-order valence-corrected chi connectivity index (χ2v) is 11.6. The highest BCUT2D eigenvalue weighted by Gasteiger charge is 2.33. The van der Waals surface area contributed by atoms with Gasteiger partial charge in [-0.2, -0.15) is 0 Å². The third-order valence-electron chi connectivity index (χ3n) is 4.36. The summed E-state index contributed by atoms with van der Waals surface area (Å²) in [5.41, 5.74) is -1.46. The molecule has 1 N–H and O–H groups in total. The highest BCUT2D eigenvalue weighted by Crippen LogP contribution is 2.24. The molecule has 0 fully saturated rings. The molecule has 2 aromatic rings. The van der Waals surface area contributed by atoms with Gasteiger partial charge in [-0.05, 0) is 77.3 Å². The Morgan fingerprint density at radius 3 is 2.09 bits per heavy atom. The first-order valence-electron chi connectivity index (χ1n) is 10.9. The fraction of sp³-hybridized carbons (Fsp3) is 0.500. The Morgan fingerprint density at radius 1 is 0.879 bits per heavy atom. The van der Waals surface area contributed by atoms with E-state index in [1.54, 1.807) is 53.7 Å². The quantitative estimate of drug-likeness (QED) is 0.558. The molecule has 0 aliphatic carbocycles. The highest BCUT2D eigenvalue weighted by molar-refractivity contribution is 7.89. The van der Waals surface area contributed by atoms with Gasteiger partial charge in [0.1, 0.15) is 11.2 Å². The van der Waals surface area contributed by atoms with Gasteiger partial charge >= 0.3 is 12.2 Å². The Balaban J connectivity index is 2.14. The van der Waals surface area contributed by atoms with Crippen molar-refractivity contribution in [2.24, 2.45) is 0 Å². The Hall–Kier alpha value is -2.81. The molecule has 0 radical (unpaired) electrons. The molecule has 0 bridgehead atoms. The summed E-state index contributed by atoms with van der Waals surface area (Å²) in [6.07, 6.45) is -0.695. The van der Waals surface area contributed by atoms with E-state index in [1.807, 2.05) is 24.3 Å². The predicted molar refractivity (Wildman–Crippen MR) is 128 cm³/mol. The van der Waals surface area contributed by atoms with E-state index in [0.29, 0.717) is 12.8 Å². The van der Waals surface area contributed by atoms with Gasteiger partial charge in [-0.15, -0.1) is 0 Å². The molecule has 0 spiro atoms. The predicted octanol–water partition coefficient (Wildman–Crippen LogP) is 5.07. The number of rotatable bonds is 7. The number of hydrogen-bond donors (Lipinski definition) is 1. The van der Waals surface area contributed by atoms with Gasteiger partial charge < -0.3 is 14.8 Å². The number of carbonyl (C=O) groups is 2. The molecule has 2 rings (SSSR count). The summed E-state index contributed by atoms with van der Waals surface area (Å²) in [7, 11) is -4.14. The number of sulfonamides is 1. The van der Waals surface area contributed by atoms with Crippen LogP contribution < -0.4 is 5.32 Å². The largest absolute Gasteiger partial charge is 0.444 e. The van der Waals surface area contributed by atoms with Crippen molar-refractivity contribution in [3.8, 4) is 0 Å². The smallest absolute Gasteiger partial charge is 0.424 e. The molecule has 0 unspecified atom stereocenters. The Morgan fingerprint density at radius 2 is 1.48 bits per heavy atom. The fourth-order valence-corrected chi connectivity index (χ4v) is 4.34. The number of nitrogens with zero attached hydrogens (tertiary/aromatic N) is 1. The number of fused-ring (bicyclic) bond motifs is 1. The summed E-state index contributed by atoms with van der Waals surface area (Å²) < 4.78 is 38.0. The molecule has 182 valence electrons. The molecule has 8 nitrogen and oxygen atoms in total. The summed E-state index contributed by atoms with van der Waals surface area (Å²) in [6, 6.07) is 12.1. The summed E-state index contributed by atoms with van der Waals surface area (Å²) in [5.74, 6) is 0. The average Bonchev–Trinajstić information content (AvgIpc) is 2.67. The fourth-order valence-electron chi connectivity index (χ4n) is 2.96. The van der Waals surface area contributed by atoms with E-state index in [-0.39, 0.29) is 18.0 Å². The van der Waals surface area contributed by atoms with Gasteiger partial charge in [0.25, 0.3) is 10.0 Å². The zero-order valence-corrected chi connectivity index (χ0v) is 21.0. The summed E-state index contributed by atoms with van der Waals surface area (Å²) in [6.45, 7) is 10.5. The van der Waals surface area contributed by atoms with Crippen LogP contribution in [0.3, 0.4) is 0 Å². The molecule has 2 amide bonds. The number of unbranched alkanes of at least 4 members (excludes halogenated alkanes) is 1. The minimum atomic E-state index is -4.14. The van der Waals surface area contributed by atoms with Crippen molar-refractivity contribution in [1.29, 1.82) is 0 Å². The maximum Gasteiger partial charge on any atom is 0.424 e. The van der Waals surface area contributed by atoms with Crippen LogP contribution in [0.5, 0.6) is 0 Å². The lowest BCUT2D eigenvalue weighted by Gasteiger charge is -2.27. The number of amides is 2. The van der Waals surface area contributed by atoms with Gasteiger partial charge in [-0.1, -0.05) is 30.3 Å². The Labute approximate surface area is 196 Å². The second-order valence-electron chi connectivity index (χ2n) is 9.70. The zero-order valence-electron chi connectivity index (χ0n) is 20.2. The van der Waals surface area contributed by atoms with Gasteiger partial charge in [-0.3, -0.25) is 0 Å². The van der Waals surface area contributed by atoms with E-state index >= 15 is 0 Å². The number of alkyl carbamates (subject to hydrolysis) is 1. The lowest BCUT2D eigenvalue weighted by Crippen LogP contribution is -2.41. The van der Waals surface area contributed by atoms with Crippen molar-refractivity contribution in [3.05, 3.63) is 42.5 Å². The highest BCUT2D eigenvalue weighted by atomic mass is 32.2. The SMILES string of the molecule is CC(C)(C)OC(=O)NCCCCN(C(=O)OC(C)(C)C)S(=O)(=O)c1ccc2ccccc2c1. The van der Waals surface area contributed by atoms with Crippen LogP contribution in [-0.2, 0) is 19.5 Å². The lowest BCUT2D eigenvalue weighted by molar-refractivity contribution is 0.0385. The minimum Gasteiger partial charge on any atom is -0.444 e. The van der Waals surface area contributed by atoms with E-state index in [0.717, 1.165) is 15.1 Å². The van der Waals surface area contributed by atoms with Crippen molar-refractivity contribution in [1.82, 2.24) is 9.62 Å². The standard InChI is InChI=1S/C24H34N2O6S/c1-23(2,3)31-21(27)25-15-9-10-16-26(22(28)32-24(4,5)6)33(29,30)20-14-13-18-11-7-8-12-19(18)17-20/h7-8,11-14,17H,9-10,15-16H2,1-6H3,(H,25,27). The summed E-state index contributed by atoms with van der Waals surface area (Å²) >= 11 is 0. The summed E-state index contributed by atoms with van der Waals surface area (Å²) in [5, 5.41) is 4.28. The molecule has 0 aromatic heterocycles. The lowest BCUT2D eigenvalue weighted by atomic mass is 10.1. The van der Waals surface area contributed by atoms with Crippen LogP contribution in [0.1, 0.15) is 54.4 Å². The number of benzene rings is 2. The van der Waals surface area contributed by atoms with Crippen LogP contribution in [0.25, 0.3) is 10.8 Å². The molecule has 9 heteroatoms. The van der Waals surface area contributed by atoms with Gasteiger partial charge in [-0.25, -0.2) is 22.3 Å². The van der Waals surface area contributed by atoms with Crippen LogP contribution in [0.2, 0.25) is 0 Å². The molecule has 0 saturated carbocycles. The van der Waals surface area contributed by atoms with Gasteiger partial charge in [0, 0.05) is 13.1 Å². The molecule has 0 aliphatic rings. The van der Waals surface area contributed by atoms with Crippen LogP contribution >= 0.6 is 0 Å². The third kappa shape index (κ3) is 8.24. The van der Waals surface area contributed by atoms with Crippen LogP contribution in [0.4, 0.5) is 9.59 Å². The second kappa shape index (κ2) is 10.4. The number of carbonyl (C=O) groups excluding carboxylic acids is 2. The monoisotopic (exact) mass is 478 g/mol. The first-order valence-corrected chi connectivity index (χ1v) is 12.3. The summed E-state index contributed by atoms with van der Waals surface area (Å²) in [4.78, 5) is 24.6.